The first-order valence-electron chi connectivity index (χ1n) is 8.87. The molecule has 1 atom stereocenters. The fourth-order valence-electron chi connectivity index (χ4n) is 2.72. The molecule has 25 heavy (non-hydrogen) atoms. The van der Waals surface area contributed by atoms with Crippen LogP contribution in [0.2, 0.25) is 0 Å². The van der Waals surface area contributed by atoms with Crippen molar-refractivity contribution in [1.82, 2.24) is 0 Å². The van der Waals surface area contributed by atoms with Crippen LogP contribution in [0, 0.1) is 0 Å². The molecule has 2 aromatic carbocycles. The van der Waals surface area contributed by atoms with E-state index in [0.717, 1.165) is 11.1 Å². The van der Waals surface area contributed by atoms with Crippen molar-refractivity contribution < 1.29 is 4.79 Å². The SMILES string of the molecule is CC(C)(C)c1cc(C(Cl)CC(=O)c2ccccc2)cc(C(C)(C)C)c1. The molecule has 1 unspecified atom stereocenters. The van der Waals surface area contributed by atoms with Crippen molar-refractivity contribution in [2.45, 2.75) is 64.2 Å². The van der Waals surface area contributed by atoms with Gasteiger partial charge in [0.05, 0.1) is 5.38 Å². The second-order valence-corrected chi connectivity index (χ2v) is 9.33. The summed E-state index contributed by atoms with van der Waals surface area (Å²) in [6.07, 6.45) is 0.308. The van der Waals surface area contributed by atoms with Crippen molar-refractivity contribution >= 4 is 17.4 Å². The number of ketones is 1. The van der Waals surface area contributed by atoms with Crippen molar-refractivity contribution in [2.75, 3.05) is 0 Å². The van der Waals surface area contributed by atoms with Crippen molar-refractivity contribution in [2.24, 2.45) is 0 Å². The highest BCUT2D eigenvalue weighted by atomic mass is 35.5. The van der Waals surface area contributed by atoms with E-state index in [2.05, 4.69) is 59.7 Å². The predicted octanol–water partition coefficient (Wildman–Crippen LogP) is 6.83. The van der Waals surface area contributed by atoms with Crippen LogP contribution in [0.1, 0.15) is 80.4 Å². The number of halogens is 1. The zero-order chi connectivity index (χ0) is 18.8. The van der Waals surface area contributed by atoms with Crippen molar-refractivity contribution in [3.8, 4) is 0 Å². The van der Waals surface area contributed by atoms with Gasteiger partial charge in [0.25, 0.3) is 0 Å². The Hall–Kier alpha value is -1.60. The Labute approximate surface area is 157 Å². The van der Waals surface area contributed by atoms with Crippen LogP contribution in [0.4, 0.5) is 0 Å². The van der Waals surface area contributed by atoms with Crippen molar-refractivity contribution in [3.63, 3.8) is 0 Å². The van der Waals surface area contributed by atoms with Gasteiger partial charge in [0.15, 0.2) is 5.78 Å². The molecule has 0 N–H and O–H groups in total. The smallest absolute Gasteiger partial charge is 0.164 e. The van der Waals surface area contributed by atoms with E-state index in [0.29, 0.717) is 6.42 Å². The van der Waals surface area contributed by atoms with Crippen LogP contribution in [0.3, 0.4) is 0 Å². The van der Waals surface area contributed by atoms with E-state index in [-0.39, 0.29) is 22.0 Å². The van der Waals surface area contributed by atoms with Gasteiger partial charge in [-0.2, -0.15) is 0 Å². The quantitative estimate of drug-likeness (QED) is 0.433. The van der Waals surface area contributed by atoms with Crippen LogP contribution >= 0.6 is 11.6 Å². The third-order valence-electron chi connectivity index (χ3n) is 4.51. The molecule has 2 rings (SSSR count). The Morgan fingerprint density at radius 2 is 1.36 bits per heavy atom. The fourth-order valence-corrected chi connectivity index (χ4v) is 2.99. The van der Waals surface area contributed by atoms with Gasteiger partial charge in [0.1, 0.15) is 0 Å². The van der Waals surface area contributed by atoms with Crippen LogP contribution < -0.4 is 0 Å². The number of Topliss-reactive ketones (excluding diaryl/α,β-unsaturated/α-hetero) is 1. The molecule has 2 aromatic rings. The van der Waals surface area contributed by atoms with Crippen LogP contribution in [0.25, 0.3) is 0 Å². The van der Waals surface area contributed by atoms with E-state index < -0.39 is 0 Å². The maximum absolute atomic E-state index is 12.5. The van der Waals surface area contributed by atoms with E-state index >= 15 is 0 Å². The first-order valence-corrected chi connectivity index (χ1v) is 9.30. The summed E-state index contributed by atoms with van der Waals surface area (Å²) in [4.78, 5) is 12.5. The first kappa shape index (κ1) is 19.7. The van der Waals surface area contributed by atoms with Gasteiger partial charge in [-0.3, -0.25) is 4.79 Å². The summed E-state index contributed by atoms with van der Waals surface area (Å²) >= 11 is 6.67. The molecule has 1 nitrogen and oxygen atoms in total. The molecule has 0 saturated carbocycles. The average molecular weight is 357 g/mol. The number of hydrogen-bond donors (Lipinski definition) is 0. The first-order chi connectivity index (χ1) is 11.5. The van der Waals surface area contributed by atoms with E-state index in [1.54, 1.807) is 0 Å². The molecule has 0 heterocycles. The van der Waals surface area contributed by atoms with E-state index in [9.17, 15) is 4.79 Å². The molecule has 0 aliphatic heterocycles. The minimum absolute atomic E-state index is 0.0378. The molecule has 0 spiro atoms. The third-order valence-corrected chi connectivity index (χ3v) is 4.92. The average Bonchev–Trinajstić information content (AvgIpc) is 2.53. The Morgan fingerprint density at radius 1 is 0.880 bits per heavy atom. The maximum atomic E-state index is 12.5. The highest BCUT2D eigenvalue weighted by Gasteiger charge is 2.23. The molecular weight excluding hydrogens is 328 g/mol. The van der Waals surface area contributed by atoms with Gasteiger partial charge in [-0.15, -0.1) is 11.6 Å². The Bertz CT molecular complexity index is 701. The molecule has 0 aromatic heterocycles. The Morgan fingerprint density at radius 3 is 1.80 bits per heavy atom. The van der Waals surface area contributed by atoms with Gasteiger partial charge in [-0.05, 0) is 27.5 Å². The summed E-state index contributed by atoms with van der Waals surface area (Å²) < 4.78 is 0. The summed E-state index contributed by atoms with van der Waals surface area (Å²) in [5.74, 6) is 0.0825. The number of rotatable bonds is 4. The number of carbonyl (C=O) groups excluding carboxylic acids is 1. The van der Waals surface area contributed by atoms with Crippen LogP contribution in [-0.4, -0.2) is 5.78 Å². The van der Waals surface area contributed by atoms with Crippen LogP contribution in [0.15, 0.2) is 48.5 Å². The minimum atomic E-state index is -0.323. The Balaban J connectivity index is 2.35. The van der Waals surface area contributed by atoms with E-state index in [1.807, 2.05) is 30.3 Å². The summed E-state index contributed by atoms with van der Waals surface area (Å²) in [6.45, 7) is 13.2. The van der Waals surface area contributed by atoms with Crippen LogP contribution in [0.5, 0.6) is 0 Å². The lowest BCUT2D eigenvalue weighted by molar-refractivity contribution is 0.0981. The number of carbonyl (C=O) groups is 1. The summed E-state index contributed by atoms with van der Waals surface area (Å²) in [6, 6.07) is 16.0. The van der Waals surface area contributed by atoms with Crippen molar-refractivity contribution in [3.05, 3.63) is 70.8 Å². The fraction of sp³-hybridized carbons (Fsp3) is 0.435. The normalized spacial score (nSPS) is 13.6. The molecule has 0 saturated heterocycles. The molecule has 0 amide bonds. The van der Waals surface area contributed by atoms with Crippen LogP contribution in [-0.2, 0) is 10.8 Å². The maximum Gasteiger partial charge on any atom is 0.164 e. The van der Waals surface area contributed by atoms with Gasteiger partial charge in [-0.25, -0.2) is 0 Å². The van der Waals surface area contributed by atoms with Gasteiger partial charge in [0.2, 0.25) is 0 Å². The monoisotopic (exact) mass is 356 g/mol. The summed E-state index contributed by atoms with van der Waals surface area (Å²) in [5, 5.41) is -0.323. The second-order valence-electron chi connectivity index (χ2n) is 8.80. The predicted molar refractivity (Wildman–Crippen MR) is 108 cm³/mol. The number of benzene rings is 2. The highest BCUT2D eigenvalue weighted by Crippen LogP contribution is 2.35. The molecule has 0 aliphatic rings. The lowest BCUT2D eigenvalue weighted by Gasteiger charge is -2.27. The van der Waals surface area contributed by atoms with Gasteiger partial charge in [0, 0.05) is 12.0 Å². The van der Waals surface area contributed by atoms with Gasteiger partial charge < -0.3 is 0 Å². The van der Waals surface area contributed by atoms with Crippen molar-refractivity contribution in [1.29, 1.82) is 0 Å². The third kappa shape index (κ3) is 5.19. The zero-order valence-corrected chi connectivity index (χ0v) is 16.9. The second kappa shape index (κ2) is 7.33. The lowest BCUT2D eigenvalue weighted by atomic mass is 9.79. The molecule has 134 valence electrons. The molecule has 2 heteroatoms. The number of alkyl halides is 1. The standard InChI is InChI=1S/C23H29ClO/c1-22(2,3)18-12-17(13-19(14-18)23(4,5)6)20(24)15-21(25)16-10-8-7-9-11-16/h7-14,20H,15H2,1-6H3. The number of hydrogen-bond acceptors (Lipinski definition) is 1. The Kier molecular flexibility index (Phi) is 5.79. The van der Waals surface area contributed by atoms with E-state index in [4.69, 9.17) is 11.6 Å². The largest absolute Gasteiger partial charge is 0.294 e. The van der Waals surface area contributed by atoms with Gasteiger partial charge >= 0.3 is 0 Å². The minimum Gasteiger partial charge on any atom is -0.294 e. The molecule has 0 fully saturated rings. The van der Waals surface area contributed by atoms with E-state index in [1.165, 1.54) is 11.1 Å². The topological polar surface area (TPSA) is 17.1 Å². The molecule has 0 bridgehead atoms. The lowest BCUT2D eigenvalue weighted by Crippen LogP contribution is -2.17. The zero-order valence-electron chi connectivity index (χ0n) is 16.2. The summed E-state index contributed by atoms with van der Waals surface area (Å²) in [7, 11) is 0. The molecule has 0 radical (unpaired) electrons. The molecular formula is C23H29ClO. The highest BCUT2D eigenvalue weighted by molar-refractivity contribution is 6.22. The molecule has 0 aliphatic carbocycles. The summed E-state index contributed by atoms with van der Waals surface area (Å²) in [5.41, 5.74) is 4.34. The van der Waals surface area contributed by atoms with Gasteiger partial charge in [-0.1, -0.05) is 90.1 Å².